The van der Waals surface area contributed by atoms with E-state index in [-0.39, 0.29) is 6.04 Å². The third-order valence-electron chi connectivity index (χ3n) is 2.94. The summed E-state index contributed by atoms with van der Waals surface area (Å²) in [5.74, 6) is -0.977. The van der Waals surface area contributed by atoms with Crippen molar-refractivity contribution in [3.8, 4) is 0 Å². The number of carbonyl (C=O) groups excluding carboxylic acids is 1. The summed E-state index contributed by atoms with van der Waals surface area (Å²) in [5, 5.41) is 7.08. The molecule has 0 bridgehead atoms. The third kappa shape index (κ3) is 4.05. The Balaban J connectivity index is 2.87. The predicted octanol–water partition coefficient (Wildman–Crippen LogP) is 0.742. The van der Waals surface area contributed by atoms with Crippen molar-refractivity contribution in [2.75, 3.05) is 12.0 Å². The van der Waals surface area contributed by atoms with E-state index in [2.05, 4.69) is 10.4 Å². The lowest BCUT2D eigenvalue weighted by molar-refractivity contribution is -0.119. The average Bonchev–Trinajstić information content (AvgIpc) is 2.50. The molecule has 1 atom stereocenters. The van der Waals surface area contributed by atoms with Gasteiger partial charge in [-0.2, -0.15) is 5.10 Å². The Morgan fingerprint density at radius 3 is 2.42 bits per heavy atom. The zero-order valence-corrected chi connectivity index (χ0v) is 12.8. The monoisotopic (exact) mass is 287 g/mol. The van der Waals surface area contributed by atoms with Gasteiger partial charge in [0.2, 0.25) is 5.91 Å². The molecule has 1 aromatic rings. The molecule has 1 rings (SSSR count). The van der Waals surface area contributed by atoms with Gasteiger partial charge in [-0.25, -0.2) is 8.42 Å². The van der Waals surface area contributed by atoms with Crippen LogP contribution in [0.5, 0.6) is 0 Å². The van der Waals surface area contributed by atoms with Crippen LogP contribution in [0.15, 0.2) is 0 Å². The molecule has 0 saturated heterocycles. The van der Waals surface area contributed by atoms with E-state index in [1.54, 1.807) is 0 Å². The summed E-state index contributed by atoms with van der Waals surface area (Å²) in [6, 6.07) is -0.255. The molecule has 1 unspecified atom stereocenters. The minimum atomic E-state index is -3.30. The number of aromatic nitrogens is 2. The summed E-state index contributed by atoms with van der Waals surface area (Å²) in [5.41, 5.74) is 2.79. The summed E-state index contributed by atoms with van der Waals surface area (Å²) in [6.07, 6.45) is 1.04. The molecule has 6 nitrogen and oxygen atoms in total. The molecule has 0 aliphatic heterocycles. The summed E-state index contributed by atoms with van der Waals surface area (Å²) < 4.78 is 24.0. The van der Waals surface area contributed by atoms with Crippen molar-refractivity contribution in [3.63, 3.8) is 0 Å². The Hall–Kier alpha value is -1.37. The number of hydrogen-bond donors (Lipinski definition) is 1. The number of carbonyl (C=O) groups is 1. The van der Waals surface area contributed by atoms with Gasteiger partial charge in [0.1, 0.15) is 5.75 Å². The van der Waals surface area contributed by atoms with E-state index in [1.807, 2.05) is 32.4 Å². The van der Waals surface area contributed by atoms with Crippen LogP contribution in [0, 0.1) is 13.8 Å². The van der Waals surface area contributed by atoms with Gasteiger partial charge in [-0.15, -0.1) is 0 Å². The molecule has 19 heavy (non-hydrogen) atoms. The van der Waals surface area contributed by atoms with E-state index in [9.17, 15) is 13.2 Å². The number of rotatable bonds is 5. The minimum Gasteiger partial charge on any atom is -0.349 e. The lowest BCUT2D eigenvalue weighted by atomic mass is 10.1. The Labute approximate surface area is 114 Å². The number of aryl methyl sites for hydroxylation is 2. The first-order valence-corrected chi connectivity index (χ1v) is 8.22. The molecule has 0 radical (unpaired) electrons. The van der Waals surface area contributed by atoms with E-state index >= 15 is 0 Å². The van der Waals surface area contributed by atoms with E-state index in [0.29, 0.717) is 0 Å². The molecule has 108 valence electrons. The molecule has 0 saturated carbocycles. The maximum Gasteiger partial charge on any atom is 0.235 e. The Kier molecular flexibility index (Phi) is 4.73. The Morgan fingerprint density at radius 2 is 2.00 bits per heavy atom. The molecule has 0 fully saturated rings. The van der Waals surface area contributed by atoms with Crippen LogP contribution in [0.1, 0.15) is 36.8 Å². The van der Waals surface area contributed by atoms with Crippen molar-refractivity contribution >= 4 is 15.7 Å². The molecule has 0 spiro atoms. The van der Waals surface area contributed by atoms with Crippen LogP contribution in [0.2, 0.25) is 0 Å². The highest BCUT2D eigenvalue weighted by Crippen LogP contribution is 2.21. The first-order chi connectivity index (χ1) is 8.65. The van der Waals surface area contributed by atoms with Crippen molar-refractivity contribution in [1.29, 1.82) is 0 Å². The topological polar surface area (TPSA) is 81.1 Å². The second-order valence-corrected chi connectivity index (χ2v) is 6.90. The molecule has 1 amide bonds. The predicted molar refractivity (Wildman–Crippen MR) is 73.6 cm³/mol. The first-order valence-electron chi connectivity index (χ1n) is 6.16. The lowest BCUT2D eigenvalue weighted by Gasteiger charge is -2.14. The number of hydrogen-bond acceptors (Lipinski definition) is 4. The quantitative estimate of drug-likeness (QED) is 0.866. The molecule has 1 heterocycles. The molecule has 0 aliphatic carbocycles. The molecule has 7 heteroatoms. The van der Waals surface area contributed by atoms with Gasteiger partial charge in [0.15, 0.2) is 9.84 Å². The van der Waals surface area contributed by atoms with Gasteiger partial charge in [-0.3, -0.25) is 9.48 Å². The summed E-state index contributed by atoms with van der Waals surface area (Å²) in [4.78, 5) is 11.6. The van der Waals surface area contributed by atoms with Crippen LogP contribution in [-0.4, -0.2) is 36.1 Å². The maximum absolute atomic E-state index is 11.6. The van der Waals surface area contributed by atoms with Gasteiger partial charge in [0, 0.05) is 24.1 Å². The third-order valence-corrected chi connectivity index (χ3v) is 3.73. The second kappa shape index (κ2) is 5.73. The molecule has 0 aliphatic rings. The number of sulfone groups is 1. The summed E-state index contributed by atoms with van der Waals surface area (Å²) >= 11 is 0. The van der Waals surface area contributed by atoms with Gasteiger partial charge in [-0.05, 0) is 27.7 Å². The average molecular weight is 287 g/mol. The molecular formula is C12H21N3O3S. The van der Waals surface area contributed by atoms with Crippen LogP contribution in [0.3, 0.4) is 0 Å². The van der Waals surface area contributed by atoms with Crippen molar-refractivity contribution < 1.29 is 13.2 Å². The van der Waals surface area contributed by atoms with Crippen molar-refractivity contribution in [1.82, 2.24) is 15.1 Å². The second-order valence-electron chi connectivity index (χ2n) is 4.76. The van der Waals surface area contributed by atoms with Crippen LogP contribution >= 0.6 is 0 Å². The summed E-state index contributed by atoms with van der Waals surface area (Å²) in [7, 11) is -3.30. The highest BCUT2D eigenvalue weighted by atomic mass is 32.2. The summed E-state index contributed by atoms with van der Waals surface area (Å²) in [6.45, 7) is 8.41. The fourth-order valence-corrected chi connectivity index (χ4v) is 2.80. The molecule has 0 aromatic carbocycles. The van der Waals surface area contributed by atoms with E-state index in [0.717, 1.165) is 29.8 Å². The van der Waals surface area contributed by atoms with Gasteiger partial charge < -0.3 is 5.32 Å². The zero-order valence-electron chi connectivity index (χ0n) is 12.0. The number of nitrogens with zero attached hydrogens (tertiary/aromatic N) is 2. The van der Waals surface area contributed by atoms with Crippen molar-refractivity contribution in [3.05, 3.63) is 17.0 Å². The molecule has 1 N–H and O–H groups in total. The van der Waals surface area contributed by atoms with Crippen LogP contribution in [0.25, 0.3) is 0 Å². The minimum absolute atomic E-state index is 0.255. The van der Waals surface area contributed by atoms with E-state index in [1.165, 1.54) is 0 Å². The van der Waals surface area contributed by atoms with Gasteiger partial charge >= 0.3 is 0 Å². The van der Waals surface area contributed by atoms with E-state index in [4.69, 9.17) is 0 Å². The normalized spacial score (nSPS) is 13.3. The zero-order chi connectivity index (χ0) is 14.8. The fourth-order valence-electron chi connectivity index (χ4n) is 2.24. The van der Waals surface area contributed by atoms with Crippen LogP contribution < -0.4 is 5.32 Å². The number of amides is 1. The molecule has 1 aromatic heterocycles. The van der Waals surface area contributed by atoms with Crippen LogP contribution in [-0.2, 0) is 21.2 Å². The van der Waals surface area contributed by atoms with Gasteiger partial charge in [0.05, 0.1) is 11.7 Å². The first kappa shape index (κ1) is 15.7. The van der Waals surface area contributed by atoms with E-state index < -0.39 is 21.5 Å². The highest BCUT2D eigenvalue weighted by molar-refractivity contribution is 7.91. The standard InChI is InChI=1S/C12H21N3O3S/c1-6-15-10(4)12(9(3)14-15)8(2)13-11(16)7-19(5,17)18/h8H,6-7H2,1-5H3,(H,13,16). The van der Waals surface area contributed by atoms with Crippen LogP contribution in [0.4, 0.5) is 0 Å². The van der Waals surface area contributed by atoms with Gasteiger partial charge in [-0.1, -0.05) is 0 Å². The smallest absolute Gasteiger partial charge is 0.235 e. The Bertz CT molecular complexity index is 575. The van der Waals surface area contributed by atoms with Gasteiger partial charge in [0.25, 0.3) is 0 Å². The highest BCUT2D eigenvalue weighted by Gasteiger charge is 2.20. The fraction of sp³-hybridized carbons (Fsp3) is 0.667. The maximum atomic E-state index is 11.6. The largest absolute Gasteiger partial charge is 0.349 e. The van der Waals surface area contributed by atoms with Crippen molar-refractivity contribution in [2.45, 2.75) is 40.3 Å². The lowest BCUT2D eigenvalue weighted by Crippen LogP contribution is -2.32. The number of nitrogens with one attached hydrogen (secondary N) is 1. The SMILES string of the molecule is CCn1nc(C)c(C(C)NC(=O)CS(C)(=O)=O)c1C. The Morgan fingerprint density at radius 1 is 1.42 bits per heavy atom. The molecular weight excluding hydrogens is 266 g/mol. The van der Waals surface area contributed by atoms with Crippen molar-refractivity contribution in [2.24, 2.45) is 0 Å².